The van der Waals surface area contributed by atoms with Gasteiger partial charge in [0.05, 0.1) is 15.9 Å². The smallest absolute Gasteiger partial charge is 0.0767 e. The maximum Gasteiger partial charge on any atom is 0.0767 e. The van der Waals surface area contributed by atoms with Crippen LogP contribution in [0.4, 0.5) is 0 Å². The lowest BCUT2D eigenvalue weighted by Crippen LogP contribution is -2.23. The summed E-state index contributed by atoms with van der Waals surface area (Å²) in [6.07, 6.45) is 0.958. The normalized spacial score (nSPS) is 11.2. The molecule has 2 rings (SSSR count). The van der Waals surface area contributed by atoms with Crippen LogP contribution in [0, 0.1) is 0 Å². The minimum atomic E-state index is 0.912. The van der Waals surface area contributed by atoms with Gasteiger partial charge in [-0.15, -0.1) is 0 Å². The monoisotopic (exact) mass is 335 g/mol. The summed E-state index contributed by atoms with van der Waals surface area (Å²) < 4.78 is 3.16. The fourth-order valence-corrected chi connectivity index (χ4v) is 3.07. The van der Waals surface area contributed by atoms with Gasteiger partial charge < -0.3 is 0 Å². The van der Waals surface area contributed by atoms with Crippen LogP contribution in [0.3, 0.4) is 0 Å². The Morgan fingerprint density at radius 1 is 1.15 bits per heavy atom. The molecule has 0 N–H and O–H groups in total. The van der Waals surface area contributed by atoms with E-state index in [2.05, 4.69) is 70.1 Å². The summed E-state index contributed by atoms with van der Waals surface area (Å²) in [6, 6.07) is 10.6. The molecule has 0 bridgehead atoms. The molecule has 0 unspecified atom stereocenters. The van der Waals surface area contributed by atoms with Crippen molar-refractivity contribution in [2.75, 3.05) is 6.54 Å². The van der Waals surface area contributed by atoms with Crippen molar-refractivity contribution in [1.82, 2.24) is 14.7 Å². The van der Waals surface area contributed by atoms with Crippen LogP contribution in [0.25, 0.3) is 0 Å². The second-order valence-corrected chi connectivity index (χ2v) is 5.77. The van der Waals surface area contributed by atoms with Crippen molar-refractivity contribution in [3.8, 4) is 0 Å². The molecule has 1 aromatic carbocycles. The maximum absolute atomic E-state index is 4.57. The summed E-state index contributed by atoms with van der Waals surface area (Å²) in [4.78, 5) is 2.43. The number of hydrogen-bond acceptors (Lipinski definition) is 2. The summed E-state index contributed by atoms with van der Waals surface area (Å²) in [6.45, 7) is 7.24. The molecule has 1 aromatic heterocycles. The van der Waals surface area contributed by atoms with Gasteiger partial charge in [0, 0.05) is 20.1 Å². The molecule has 20 heavy (non-hydrogen) atoms. The third kappa shape index (κ3) is 3.49. The average Bonchev–Trinajstić information content (AvgIpc) is 2.74. The second-order valence-electron chi connectivity index (χ2n) is 4.97. The minimum absolute atomic E-state index is 0.912. The van der Waals surface area contributed by atoms with Crippen molar-refractivity contribution in [2.24, 2.45) is 7.05 Å². The zero-order valence-corrected chi connectivity index (χ0v) is 14.0. The van der Waals surface area contributed by atoms with E-state index in [1.807, 2.05) is 11.7 Å². The highest BCUT2D eigenvalue weighted by Gasteiger charge is 2.15. The quantitative estimate of drug-likeness (QED) is 0.801. The van der Waals surface area contributed by atoms with Crippen molar-refractivity contribution < 1.29 is 0 Å². The summed E-state index contributed by atoms with van der Waals surface area (Å²) in [5.41, 5.74) is 3.74. The molecule has 1 heterocycles. The Hall–Kier alpha value is -1.13. The van der Waals surface area contributed by atoms with E-state index in [0.29, 0.717) is 0 Å². The van der Waals surface area contributed by atoms with Crippen LogP contribution >= 0.6 is 15.9 Å². The zero-order chi connectivity index (χ0) is 14.5. The number of aromatic nitrogens is 2. The molecule has 0 aliphatic rings. The van der Waals surface area contributed by atoms with Gasteiger partial charge in [-0.25, -0.2) is 0 Å². The van der Waals surface area contributed by atoms with Gasteiger partial charge in [-0.05, 0) is 34.5 Å². The van der Waals surface area contributed by atoms with E-state index >= 15 is 0 Å². The van der Waals surface area contributed by atoms with E-state index in [1.165, 1.54) is 11.3 Å². The highest BCUT2D eigenvalue weighted by atomic mass is 79.9. The van der Waals surface area contributed by atoms with Gasteiger partial charge >= 0.3 is 0 Å². The van der Waals surface area contributed by atoms with E-state index in [9.17, 15) is 0 Å². The van der Waals surface area contributed by atoms with Crippen molar-refractivity contribution >= 4 is 15.9 Å². The molecule has 0 radical (unpaired) electrons. The van der Waals surface area contributed by atoms with E-state index in [-0.39, 0.29) is 0 Å². The van der Waals surface area contributed by atoms with Crippen LogP contribution in [-0.2, 0) is 26.6 Å². The molecule has 3 nitrogen and oxygen atoms in total. The Bertz CT molecular complexity index is 548. The summed E-state index contributed by atoms with van der Waals surface area (Å²) in [5.74, 6) is 0. The first-order valence-corrected chi connectivity index (χ1v) is 7.91. The highest BCUT2D eigenvalue weighted by Crippen LogP contribution is 2.23. The van der Waals surface area contributed by atoms with Crippen molar-refractivity contribution in [3.05, 3.63) is 51.8 Å². The molecule has 0 aliphatic heterocycles. The molecule has 2 aromatic rings. The van der Waals surface area contributed by atoms with Crippen molar-refractivity contribution in [1.29, 1.82) is 0 Å². The fraction of sp³-hybridized carbons (Fsp3) is 0.438. The standard InChI is InChI=1S/C16H22BrN3/c1-4-14-16(17)15(19(3)18-14)12-20(5-2)11-13-9-7-6-8-10-13/h6-10H,4-5,11-12H2,1-3H3. The lowest BCUT2D eigenvalue weighted by atomic mass is 10.2. The highest BCUT2D eigenvalue weighted by molar-refractivity contribution is 9.10. The Morgan fingerprint density at radius 2 is 1.85 bits per heavy atom. The van der Waals surface area contributed by atoms with Crippen LogP contribution in [-0.4, -0.2) is 21.2 Å². The third-order valence-electron chi connectivity index (χ3n) is 3.57. The Balaban J connectivity index is 2.12. The van der Waals surface area contributed by atoms with Crippen LogP contribution in [0.2, 0.25) is 0 Å². The first-order chi connectivity index (χ1) is 9.65. The Kier molecular flexibility index (Phi) is 5.38. The molecule has 0 fully saturated rings. The van der Waals surface area contributed by atoms with Crippen LogP contribution in [0.5, 0.6) is 0 Å². The molecule has 0 saturated carbocycles. The molecule has 0 spiro atoms. The first-order valence-electron chi connectivity index (χ1n) is 7.12. The van der Waals surface area contributed by atoms with Gasteiger partial charge in [-0.2, -0.15) is 5.10 Å². The van der Waals surface area contributed by atoms with Gasteiger partial charge in [-0.1, -0.05) is 44.2 Å². The number of aryl methyl sites for hydroxylation is 2. The molecule has 0 saturated heterocycles. The minimum Gasteiger partial charge on any atom is -0.294 e. The number of hydrogen-bond donors (Lipinski definition) is 0. The average molecular weight is 336 g/mol. The fourth-order valence-electron chi connectivity index (χ4n) is 2.32. The lowest BCUT2D eigenvalue weighted by Gasteiger charge is -2.20. The number of halogens is 1. The van der Waals surface area contributed by atoms with Gasteiger partial charge in [0.15, 0.2) is 0 Å². The van der Waals surface area contributed by atoms with Gasteiger partial charge in [0.25, 0.3) is 0 Å². The van der Waals surface area contributed by atoms with Crippen LogP contribution in [0.15, 0.2) is 34.8 Å². The van der Waals surface area contributed by atoms with Crippen LogP contribution < -0.4 is 0 Å². The molecular formula is C16H22BrN3. The third-order valence-corrected chi connectivity index (χ3v) is 4.49. The zero-order valence-electron chi connectivity index (χ0n) is 12.4. The molecule has 0 aliphatic carbocycles. The molecule has 0 amide bonds. The van der Waals surface area contributed by atoms with Gasteiger partial charge in [-0.3, -0.25) is 9.58 Å². The van der Waals surface area contributed by atoms with E-state index in [0.717, 1.165) is 36.2 Å². The van der Waals surface area contributed by atoms with Crippen molar-refractivity contribution in [2.45, 2.75) is 33.4 Å². The van der Waals surface area contributed by atoms with Crippen LogP contribution in [0.1, 0.15) is 30.8 Å². The largest absolute Gasteiger partial charge is 0.294 e. The summed E-state index contributed by atoms with van der Waals surface area (Å²) >= 11 is 3.70. The van der Waals surface area contributed by atoms with E-state index in [4.69, 9.17) is 0 Å². The topological polar surface area (TPSA) is 21.1 Å². The first kappa shape index (κ1) is 15.3. The Labute approximate surface area is 129 Å². The molecule has 0 atom stereocenters. The van der Waals surface area contributed by atoms with E-state index in [1.54, 1.807) is 0 Å². The number of nitrogens with zero attached hydrogens (tertiary/aromatic N) is 3. The predicted octanol–water partition coefficient (Wildman–Crippen LogP) is 3.77. The predicted molar refractivity (Wildman–Crippen MR) is 86.5 cm³/mol. The molecular weight excluding hydrogens is 314 g/mol. The van der Waals surface area contributed by atoms with E-state index < -0.39 is 0 Å². The molecule has 108 valence electrons. The second kappa shape index (κ2) is 7.04. The maximum atomic E-state index is 4.57. The van der Waals surface area contributed by atoms with Crippen molar-refractivity contribution in [3.63, 3.8) is 0 Å². The summed E-state index contributed by atoms with van der Waals surface area (Å²) in [7, 11) is 2.02. The SMILES string of the molecule is CCc1nn(C)c(CN(CC)Cc2ccccc2)c1Br. The molecule has 4 heteroatoms. The number of benzene rings is 1. The van der Waals surface area contributed by atoms with Gasteiger partial charge in [0.2, 0.25) is 0 Å². The number of rotatable bonds is 6. The Morgan fingerprint density at radius 3 is 2.40 bits per heavy atom. The lowest BCUT2D eigenvalue weighted by molar-refractivity contribution is 0.263. The summed E-state index contributed by atoms with van der Waals surface area (Å²) in [5, 5.41) is 4.57. The van der Waals surface area contributed by atoms with Gasteiger partial charge in [0.1, 0.15) is 0 Å².